The number of likely N-dealkylation sites (tertiary alicyclic amines) is 1. The predicted molar refractivity (Wildman–Crippen MR) is 69.1 cm³/mol. The van der Waals surface area contributed by atoms with Crippen LogP contribution in [0.1, 0.15) is 41.0 Å². The van der Waals surface area contributed by atoms with Gasteiger partial charge in [-0.3, -0.25) is 4.79 Å². The van der Waals surface area contributed by atoms with Crippen LogP contribution in [-0.2, 0) is 14.3 Å². The molecule has 0 radical (unpaired) electrons. The van der Waals surface area contributed by atoms with Crippen molar-refractivity contribution in [1.82, 2.24) is 4.90 Å². The minimum absolute atomic E-state index is 0.0583. The Morgan fingerprint density at radius 1 is 1.11 bits per heavy atom. The van der Waals surface area contributed by atoms with Crippen molar-refractivity contribution in [1.29, 1.82) is 0 Å². The fourth-order valence-electron chi connectivity index (χ4n) is 2.38. The van der Waals surface area contributed by atoms with E-state index in [1.165, 1.54) is 0 Å². The van der Waals surface area contributed by atoms with E-state index in [2.05, 4.69) is 20.8 Å². The van der Waals surface area contributed by atoms with Crippen LogP contribution in [0.3, 0.4) is 0 Å². The van der Waals surface area contributed by atoms with E-state index in [-0.39, 0.29) is 16.7 Å². The zero-order chi connectivity index (χ0) is 13.6. The Hall–Kier alpha value is -0.610. The highest BCUT2D eigenvalue weighted by Crippen LogP contribution is 2.41. The number of amides is 1. The van der Waals surface area contributed by atoms with E-state index >= 15 is 0 Å². The van der Waals surface area contributed by atoms with Crippen molar-refractivity contribution in [3.05, 3.63) is 0 Å². The third kappa shape index (κ3) is 2.16. The van der Waals surface area contributed by atoms with Gasteiger partial charge in [0.1, 0.15) is 0 Å². The third-order valence-corrected chi connectivity index (χ3v) is 4.70. The van der Waals surface area contributed by atoms with Crippen molar-refractivity contribution in [2.24, 2.45) is 10.8 Å². The Morgan fingerprint density at radius 3 is 2.17 bits per heavy atom. The van der Waals surface area contributed by atoms with Gasteiger partial charge in [0, 0.05) is 18.4 Å². The fraction of sp³-hybridized carbons (Fsp3) is 0.929. The van der Waals surface area contributed by atoms with Gasteiger partial charge in [0.15, 0.2) is 5.79 Å². The molecule has 0 N–H and O–H groups in total. The van der Waals surface area contributed by atoms with Crippen molar-refractivity contribution in [3.8, 4) is 0 Å². The molecular weight excluding hydrogens is 230 g/mol. The Labute approximate surface area is 110 Å². The van der Waals surface area contributed by atoms with Crippen LogP contribution in [0, 0.1) is 10.8 Å². The van der Waals surface area contributed by atoms with Crippen molar-refractivity contribution < 1.29 is 14.3 Å². The summed E-state index contributed by atoms with van der Waals surface area (Å²) in [6, 6.07) is 0. The van der Waals surface area contributed by atoms with Crippen molar-refractivity contribution in [2.75, 3.05) is 26.3 Å². The first-order chi connectivity index (χ1) is 8.18. The molecule has 4 nitrogen and oxygen atoms in total. The topological polar surface area (TPSA) is 38.8 Å². The molecule has 2 aliphatic rings. The summed E-state index contributed by atoms with van der Waals surface area (Å²) in [6.45, 7) is 13.0. The summed E-state index contributed by atoms with van der Waals surface area (Å²) in [5.74, 6) is -0.310. The summed E-state index contributed by atoms with van der Waals surface area (Å²) < 4.78 is 11.3. The largest absolute Gasteiger partial charge is 0.346 e. The summed E-state index contributed by atoms with van der Waals surface area (Å²) in [6.07, 6.45) is 0.791. The lowest BCUT2D eigenvalue weighted by atomic mass is 9.68. The van der Waals surface area contributed by atoms with Gasteiger partial charge in [-0.25, -0.2) is 0 Å². The molecule has 2 rings (SSSR count). The molecule has 0 aliphatic carbocycles. The lowest BCUT2D eigenvalue weighted by molar-refractivity contribution is -0.159. The molecule has 104 valence electrons. The number of carbonyl (C=O) groups excluding carboxylic acids is 1. The highest BCUT2D eigenvalue weighted by atomic mass is 16.7. The molecule has 0 aromatic rings. The van der Waals surface area contributed by atoms with Crippen LogP contribution in [-0.4, -0.2) is 42.9 Å². The molecular formula is C14H25NO3. The van der Waals surface area contributed by atoms with E-state index in [1.807, 2.05) is 18.7 Å². The molecule has 2 heterocycles. The SMILES string of the molecule is CC(C)(C)C(C)(C)C(=O)N1CCC2(C1)OCCO2. The standard InChI is InChI=1S/C14H25NO3/c1-12(2,3)13(4,5)11(16)15-7-6-14(10-15)17-8-9-18-14/h6-10H2,1-5H3. The maximum atomic E-state index is 12.7. The van der Waals surface area contributed by atoms with Crippen molar-refractivity contribution >= 4 is 5.91 Å². The van der Waals surface area contributed by atoms with Crippen molar-refractivity contribution in [2.45, 2.75) is 46.8 Å². The second kappa shape index (κ2) is 4.20. The van der Waals surface area contributed by atoms with Crippen LogP contribution in [0.5, 0.6) is 0 Å². The summed E-state index contributed by atoms with van der Waals surface area (Å²) in [5.41, 5.74) is -0.436. The molecule has 0 saturated carbocycles. The zero-order valence-corrected chi connectivity index (χ0v) is 12.2. The lowest BCUT2D eigenvalue weighted by Crippen LogP contribution is -2.48. The lowest BCUT2D eigenvalue weighted by Gasteiger charge is -2.40. The quantitative estimate of drug-likeness (QED) is 0.719. The van der Waals surface area contributed by atoms with Crippen LogP contribution < -0.4 is 0 Å². The number of carbonyl (C=O) groups is 1. The minimum Gasteiger partial charge on any atom is -0.346 e. The van der Waals surface area contributed by atoms with Crippen LogP contribution >= 0.6 is 0 Å². The van der Waals surface area contributed by atoms with E-state index in [9.17, 15) is 4.79 Å². The monoisotopic (exact) mass is 255 g/mol. The molecule has 2 saturated heterocycles. The number of nitrogens with zero attached hydrogens (tertiary/aromatic N) is 1. The molecule has 2 aliphatic heterocycles. The molecule has 4 heteroatoms. The van der Waals surface area contributed by atoms with Gasteiger partial charge in [0.2, 0.25) is 5.91 Å². The van der Waals surface area contributed by atoms with Gasteiger partial charge in [-0.1, -0.05) is 34.6 Å². The van der Waals surface area contributed by atoms with Gasteiger partial charge in [-0.2, -0.15) is 0 Å². The summed E-state index contributed by atoms with van der Waals surface area (Å²) in [4.78, 5) is 14.6. The van der Waals surface area contributed by atoms with Gasteiger partial charge in [0.05, 0.1) is 19.8 Å². The average Bonchev–Trinajstić information content (AvgIpc) is 2.87. The molecule has 2 fully saturated rings. The van der Waals surface area contributed by atoms with E-state index in [1.54, 1.807) is 0 Å². The number of hydrogen-bond donors (Lipinski definition) is 0. The Bertz CT molecular complexity index is 337. The molecule has 0 bridgehead atoms. The zero-order valence-electron chi connectivity index (χ0n) is 12.2. The Kier molecular flexibility index (Phi) is 3.23. The van der Waals surface area contributed by atoms with Gasteiger partial charge in [-0.15, -0.1) is 0 Å². The number of rotatable bonds is 1. The molecule has 1 spiro atoms. The highest BCUT2D eigenvalue weighted by Gasteiger charge is 2.49. The van der Waals surface area contributed by atoms with Gasteiger partial charge in [0.25, 0.3) is 0 Å². The van der Waals surface area contributed by atoms with Crippen molar-refractivity contribution in [3.63, 3.8) is 0 Å². The van der Waals surface area contributed by atoms with Crippen LogP contribution in [0.4, 0.5) is 0 Å². The second-order valence-electron chi connectivity index (χ2n) is 6.96. The van der Waals surface area contributed by atoms with Gasteiger partial charge in [-0.05, 0) is 5.41 Å². The third-order valence-electron chi connectivity index (χ3n) is 4.70. The van der Waals surface area contributed by atoms with E-state index in [0.717, 1.165) is 13.0 Å². The van der Waals surface area contributed by atoms with E-state index < -0.39 is 5.79 Å². The van der Waals surface area contributed by atoms with Gasteiger partial charge < -0.3 is 14.4 Å². The van der Waals surface area contributed by atoms with Crippen LogP contribution in [0.15, 0.2) is 0 Å². The van der Waals surface area contributed by atoms with E-state index in [0.29, 0.717) is 19.8 Å². The first-order valence-corrected chi connectivity index (χ1v) is 6.75. The normalized spacial score (nSPS) is 23.9. The minimum atomic E-state index is -0.510. The summed E-state index contributed by atoms with van der Waals surface area (Å²) >= 11 is 0. The molecule has 0 unspecified atom stereocenters. The average molecular weight is 255 g/mol. The highest BCUT2D eigenvalue weighted by molar-refractivity contribution is 5.83. The molecule has 0 atom stereocenters. The fourth-order valence-corrected chi connectivity index (χ4v) is 2.38. The number of hydrogen-bond acceptors (Lipinski definition) is 3. The maximum absolute atomic E-state index is 12.7. The first-order valence-electron chi connectivity index (χ1n) is 6.75. The van der Waals surface area contributed by atoms with Crippen LogP contribution in [0.25, 0.3) is 0 Å². The predicted octanol–water partition coefficient (Wildman–Crippen LogP) is 2.03. The summed E-state index contributed by atoms with van der Waals surface area (Å²) in [5, 5.41) is 0. The maximum Gasteiger partial charge on any atom is 0.228 e. The smallest absolute Gasteiger partial charge is 0.228 e. The van der Waals surface area contributed by atoms with Gasteiger partial charge >= 0.3 is 0 Å². The van der Waals surface area contributed by atoms with E-state index in [4.69, 9.17) is 9.47 Å². The second-order valence-corrected chi connectivity index (χ2v) is 6.96. The summed E-state index contributed by atoms with van der Waals surface area (Å²) in [7, 11) is 0. The Balaban J connectivity index is 2.08. The molecule has 18 heavy (non-hydrogen) atoms. The molecule has 0 aromatic heterocycles. The number of ether oxygens (including phenoxy) is 2. The van der Waals surface area contributed by atoms with Crippen LogP contribution in [0.2, 0.25) is 0 Å². The Morgan fingerprint density at radius 2 is 1.67 bits per heavy atom. The molecule has 0 aromatic carbocycles. The first kappa shape index (κ1) is 13.8. The molecule has 1 amide bonds.